The SMILES string of the molecule is Cc1n[n+](C)c(N=Nc2ccc(N(C)C)cc2)s1. The lowest BCUT2D eigenvalue weighted by Crippen LogP contribution is -2.29. The molecule has 0 spiro atoms. The van der Waals surface area contributed by atoms with E-state index in [1.54, 1.807) is 4.68 Å². The summed E-state index contributed by atoms with van der Waals surface area (Å²) < 4.78 is 1.73. The Morgan fingerprint density at radius 1 is 1.17 bits per heavy atom. The number of azo groups is 1. The summed E-state index contributed by atoms with van der Waals surface area (Å²) in [7, 11) is 5.89. The van der Waals surface area contributed by atoms with E-state index in [0.29, 0.717) is 0 Å². The first-order valence-electron chi connectivity index (χ1n) is 5.59. The summed E-state index contributed by atoms with van der Waals surface area (Å²) in [5.41, 5.74) is 1.99. The van der Waals surface area contributed by atoms with E-state index in [1.165, 1.54) is 11.3 Å². The Kier molecular flexibility index (Phi) is 3.66. The van der Waals surface area contributed by atoms with Gasteiger partial charge in [0.25, 0.3) is 0 Å². The van der Waals surface area contributed by atoms with Gasteiger partial charge < -0.3 is 4.90 Å². The summed E-state index contributed by atoms with van der Waals surface area (Å²) in [5, 5.41) is 14.4. The first-order valence-corrected chi connectivity index (χ1v) is 6.41. The summed E-state index contributed by atoms with van der Waals surface area (Å²) in [4.78, 5) is 2.05. The molecule has 1 heterocycles. The Hall–Kier alpha value is -1.82. The second-order valence-electron chi connectivity index (χ2n) is 4.14. The van der Waals surface area contributed by atoms with Gasteiger partial charge in [0.05, 0.1) is 5.11 Å². The summed E-state index contributed by atoms with van der Waals surface area (Å²) in [6, 6.07) is 7.94. The van der Waals surface area contributed by atoms with Crippen LogP contribution < -0.4 is 9.58 Å². The van der Waals surface area contributed by atoms with Gasteiger partial charge in [0, 0.05) is 19.8 Å². The fourth-order valence-electron chi connectivity index (χ4n) is 1.48. The van der Waals surface area contributed by atoms with Gasteiger partial charge in [-0.25, -0.2) is 0 Å². The molecule has 0 saturated heterocycles. The van der Waals surface area contributed by atoms with Crippen molar-refractivity contribution >= 4 is 27.8 Å². The van der Waals surface area contributed by atoms with Gasteiger partial charge in [-0.05, 0) is 47.6 Å². The van der Waals surface area contributed by atoms with E-state index in [0.717, 1.165) is 21.5 Å². The number of anilines is 1. The lowest BCUT2D eigenvalue weighted by atomic mass is 10.3. The van der Waals surface area contributed by atoms with Gasteiger partial charge in [0.15, 0.2) is 0 Å². The summed E-state index contributed by atoms with van der Waals surface area (Å²) in [6.07, 6.45) is 0. The smallest absolute Gasteiger partial charge is 0.378 e. The van der Waals surface area contributed by atoms with Gasteiger partial charge in [-0.2, -0.15) is 0 Å². The van der Waals surface area contributed by atoms with Crippen LogP contribution in [0.2, 0.25) is 0 Å². The Labute approximate surface area is 110 Å². The normalized spacial score (nSPS) is 11.1. The number of aryl methyl sites for hydroxylation is 2. The predicted molar refractivity (Wildman–Crippen MR) is 73.0 cm³/mol. The minimum absolute atomic E-state index is 0.796. The Morgan fingerprint density at radius 2 is 1.83 bits per heavy atom. The summed E-state index contributed by atoms with van der Waals surface area (Å²) in [6.45, 7) is 1.95. The molecule has 0 amide bonds. The van der Waals surface area contributed by atoms with Gasteiger partial charge >= 0.3 is 5.13 Å². The Morgan fingerprint density at radius 3 is 2.33 bits per heavy atom. The van der Waals surface area contributed by atoms with Crippen molar-refractivity contribution in [2.75, 3.05) is 19.0 Å². The van der Waals surface area contributed by atoms with Gasteiger partial charge in [0.1, 0.15) is 17.7 Å². The number of hydrogen-bond acceptors (Lipinski definition) is 5. The molecule has 0 unspecified atom stereocenters. The molecule has 0 radical (unpaired) electrons. The van der Waals surface area contributed by atoms with E-state index >= 15 is 0 Å². The van der Waals surface area contributed by atoms with Gasteiger partial charge in [-0.15, -0.1) is 4.68 Å². The monoisotopic (exact) mass is 262 g/mol. The maximum Gasteiger partial charge on any atom is 0.430 e. The first-order chi connectivity index (χ1) is 8.56. The standard InChI is InChI=1S/C12H16N5S/c1-9-15-17(4)12(18-9)14-13-10-5-7-11(8-6-10)16(2)3/h5-8H,1-4H3/q+1. The molecule has 6 heteroatoms. The molecule has 1 aromatic carbocycles. The van der Waals surface area contributed by atoms with E-state index < -0.39 is 0 Å². The lowest BCUT2D eigenvalue weighted by Gasteiger charge is -2.11. The van der Waals surface area contributed by atoms with Crippen molar-refractivity contribution in [2.45, 2.75) is 6.92 Å². The lowest BCUT2D eigenvalue weighted by molar-refractivity contribution is -0.714. The van der Waals surface area contributed by atoms with Gasteiger partial charge in [0.2, 0.25) is 0 Å². The van der Waals surface area contributed by atoms with E-state index in [1.807, 2.05) is 57.2 Å². The van der Waals surface area contributed by atoms with Crippen LogP contribution in [0.4, 0.5) is 16.5 Å². The molecule has 0 atom stereocenters. The van der Waals surface area contributed by atoms with Crippen LogP contribution in [0.5, 0.6) is 0 Å². The minimum atomic E-state index is 0.796. The highest BCUT2D eigenvalue weighted by Crippen LogP contribution is 2.22. The molecular formula is C12H16N5S+. The van der Waals surface area contributed by atoms with Crippen molar-refractivity contribution in [3.8, 4) is 0 Å². The van der Waals surface area contributed by atoms with E-state index in [-0.39, 0.29) is 0 Å². The third-order valence-corrected chi connectivity index (χ3v) is 3.33. The number of hydrogen-bond donors (Lipinski definition) is 0. The topological polar surface area (TPSA) is 44.7 Å². The zero-order valence-corrected chi connectivity index (χ0v) is 11.8. The second kappa shape index (κ2) is 5.22. The zero-order chi connectivity index (χ0) is 13.1. The first kappa shape index (κ1) is 12.6. The molecule has 2 aromatic rings. The van der Waals surface area contributed by atoms with Crippen molar-refractivity contribution in [1.82, 2.24) is 5.10 Å². The predicted octanol–water partition coefficient (Wildman–Crippen LogP) is 2.76. The summed E-state index contributed by atoms with van der Waals surface area (Å²) in [5.74, 6) is 0. The highest BCUT2D eigenvalue weighted by Gasteiger charge is 2.12. The van der Waals surface area contributed by atoms with Crippen molar-refractivity contribution < 1.29 is 4.68 Å². The number of aromatic nitrogens is 2. The average Bonchev–Trinajstić information content (AvgIpc) is 2.66. The molecule has 0 bridgehead atoms. The van der Waals surface area contributed by atoms with Crippen LogP contribution in [0.25, 0.3) is 0 Å². The van der Waals surface area contributed by atoms with Crippen molar-refractivity contribution in [1.29, 1.82) is 0 Å². The van der Waals surface area contributed by atoms with Crippen molar-refractivity contribution in [3.05, 3.63) is 29.3 Å². The van der Waals surface area contributed by atoms with Gasteiger partial charge in [-0.3, -0.25) is 0 Å². The number of nitrogens with zero attached hydrogens (tertiary/aromatic N) is 5. The molecule has 18 heavy (non-hydrogen) atoms. The third-order valence-electron chi connectivity index (χ3n) is 2.42. The highest BCUT2D eigenvalue weighted by atomic mass is 32.1. The molecule has 1 aromatic heterocycles. The maximum absolute atomic E-state index is 4.24. The molecule has 0 N–H and O–H groups in total. The van der Waals surface area contributed by atoms with Gasteiger partial charge in [-0.1, -0.05) is 5.10 Å². The molecule has 94 valence electrons. The molecule has 2 rings (SSSR count). The van der Waals surface area contributed by atoms with Crippen LogP contribution in [0.15, 0.2) is 34.5 Å². The van der Waals surface area contributed by atoms with Crippen LogP contribution in [0, 0.1) is 6.92 Å². The fourth-order valence-corrected chi connectivity index (χ4v) is 2.16. The Bertz CT molecular complexity index is 556. The molecule has 0 fully saturated rings. The molecule has 0 aliphatic heterocycles. The van der Waals surface area contributed by atoms with Crippen molar-refractivity contribution in [2.24, 2.45) is 17.3 Å². The third kappa shape index (κ3) is 2.89. The summed E-state index contributed by atoms with van der Waals surface area (Å²) >= 11 is 1.52. The maximum atomic E-state index is 4.24. The quantitative estimate of drug-likeness (QED) is 0.630. The highest BCUT2D eigenvalue weighted by molar-refractivity contribution is 7.14. The molecule has 0 aliphatic rings. The number of rotatable bonds is 3. The van der Waals surface area contributed by atoms with Crippen LogP contribution in [-0.2, 0) is 7.05 Å². The van der Waals surface area contributed by atoms with E-state index in [2.05, 4.69) is 15.3 Å². The average molecular weight is 262 g/mol. The fraction of sp³-hybridized carbons (Fsp3) is 0.333. The van der Waals surface area contributed by atoms with Crippen LogP contribution in [-0.4, -0.2) is 19.2 Å². The molecular weight excluding hydrogens is 246 g/mol. The second-order valence-corrected chi connectivity index (χ2v) is 5.30. The van der Waals surface area contributed by atoms with Crippen LogP contribution in [0.1, 0.15) is 5.01 Å². The zero-order valence-electron chi connectivity index (χ0n) is 11.0. The largest absolute Gasteiger partial charge is 0.430 e. The number of benzene rings is 1. The van der Waals surface area contributed by atoms with E-state index in [4.69, 9.17) is 0 Å². The molecule has 0 aliphatic carbocycles. The van der Waals surface area contributed by atoms with Crippen LogP contribution in [0.3, 0.4) is 0 Å². The van der Waals surface area contributed by atoms with Crippen LogP contribution >= 0.6 is 11.3 Å². The minimum Gasteiger partial charge on any atom is -0.378 e. The molecule has 0 saturated carbocycles. The van der Waals surface area contributed by atoms with E-state index in [9.17, 15) is 0 Å². The van der Waals surface area contributed by atoms with Crippen molar-refractivity contribution in [3.63, 3.8) is 0 Å². The Balaban J connectivity index is 2.16. The molecule has 5 nitrogen and oxygen atoms in total.